The lowest BCUT2D eigenvalue weighted by Crippen LogP contribution is -2.35. The van der Waals surface area contributed by atoms with Gasteiger partial charge in [0.2, 0.25) is 5.91 Å². The van der Waals surface area contributed by atoms with Crippen LogP contribution in [0.1, 0.15) is 13.3 Å². The fourth-order valence-electron chi connectivity index (χ4n) is 1.94. The number of amides is 1. The Kier molecular flexibility index (Phi) is 2.89. The lowest BCUT2D eigenvalue weighted by atomic mass is 10.2. The molecule has 1 fully saturated rings. The Hall–Kier alpha value is -1.85. The number of nitrogens with zero attached hydrogens (tertiary/aromatic N) is 2. The highest BCUT2D eigenvalue weighted by atomic mass is 16.1. The Morgan fingerprint density at radius 1 is 1.69 bits per heavy atom. The maximum Gasteiger partial charge on any atom is 0.266 e. The highest BCUT2D eigenvalue weighted by molar-refractivity contribution is 5.73. The Labute approximate surface area is 92.7 Å². The molecule has 6 nitrogen and oxygen atoms in total. The third-order valence-corrected chi connectivity index (χ3v) is 2.61. The summed E-state index contributed by atoms with van der Waals surface area (Å²) in [6.45, 7) is 3.07. The first-order valence-electron chi connectivity index (χ1n) is 5.22. The molecule has 2 N–H and O–H groups in total. The summed E-state index contributed by atoms with van der Waals surface area (Å²) in [4.78, 5) is 24.0. The number of nitrogens with one attached hydrogen (secondary N) is 2. The number of aromatic amines is 1. The van der Waals surface area contributed by atoms with Crippen molar-refractivity contribution >= 4 is 11.6 Å². The highest BCUT2D eigenvalue weighted by Crippen LogP contribution is 2.17. The maximum atomic E-state index is 11.1. The largest absolute Gasteiger partial charge is 0.368 e. The van der Waals surface area contributed by atoms with E-state index in [1.54, 1.807) is 6.20 Å². The van der Waals surface area contributed by atoms with Crippen LogP contribution in [0.4, 0.5) is 5.69 Å². The molecule has 0 saturated carbocycles. The monoisotopic (exact) mass is 222 g/mol. The van der Waals surface area contributed by atoms with E-state index in [2.05, 4.69) is 15.5 Å². The van der Waals surface area contributed by atoms with Gasteiger partial charge in [0, 0.05) is 32.1 Å². The summed E-state index contributed by atoms with van der Waals surface area (Å²) >= 11 is 0. The smallest absolute Gasteiger partial charge is 0.266 e. The van der Waals surface area contributed by atoms with E-state index in [9.17, 15) is 9.59 Å². The molecule has 1 amide bonds. The Morgan fingerprint density at radius 2 is 2.50 bits per heavy atom. The summed E-state index contributed by atoms with van der Waals surface area (Å²) in [7, 11) is 0. The van der Waals surface area contributed by atoms with Gasteiger partial charge in [-0.2, -0.15) is 5.10 Å². The van der Waals surface area contributed by atoms with Gasteiger partial charge in [0.05, 0.1) is 11.9 Å². The molecule has 1 aromatic heterocycles. The van der Waals surface area contributed by atoms with E-state index in [1.807, 2.05) is 4.90 Å². The molecule has 1 atom stereocenters. The molecule has 1 aliphatic heterocycles. The average molecular weight is 222 g/mol. The summed E-state index contributed by atoms with van der Waals surface area (Å²) < 4.78 is 0. The number of carbonyl (C=O) groups excluding carboxylic acids is 1. The van der Waals surface area contributed by atoms with E-state index in [1.165, 1.54) is 13.0 Å². The van der Waals surface area contributed by atoms with Crippen molar-refractivity contribution in [3.8, 4) is 0 Å². The van der Waals surface area contributed by atoms with E-state index >= 15 is 0 Å². The molecule has 0 spiro atoms. The second-order valence-corrected chi connectivity index (χ2v) is 3.94. The standard InChI is InChI=1S/C10H14N4O2/c1-7(15)12-8-2-3-14(6-8)9-4-10(16)13-11-5-9/h4-5,8H,2-3,6H2,1H3,(H,12,15)(H,13,16). The van der Waals surface area contributed by atoms with E-state index in [0.717, 1.165) is 25.2 Å². The van der Waals surface area contributed by atoms with Gasteiger partial charge in [-0.05, 0) is 6.42 Å². The van der Waals surface area contributed by atoms with Crippen LogP contribution in [0.2, 0.25) is 0 Å². The quantitative estimate of drug-likeness (QED) is 0.706. The highest BCUT2D eigenvalue weighted by Gasteiger charge is 2.23. The van der Waals surface area contributed by atoms with Gasteiger partial charge in [0.1, 0.15) is 0 Å². The van der Waals surface area contributed by atoms with Crippen molar-refractivity contribution in [2.45, 2.75) is 19.4 Å². The summed E-state index contributed by atoms with van der Waals surface area (Å²) in [6, 6.07) is 1.68. The van der Waals surface area contributed by atoms with Crippen molar-refractivity contribution in [3.05, 3.63) is 22.6 Å². The van der Waals surface area contributed by atoms with Crippen molar-refractivity contribution in [1.29, 1.82) is 0 Å². The van der Waals surface area contributed by atoms with E-state index < -0.39 is 0 Å². The zero-order valence-electron chi connectivity index (χ0n) is 9.06. The SMILES string of the molecule is CC(=O)NC1CCN(c2cn[nH]c(=O)c2)C1. The predicted octanol–water partition coefficient (Wildman–Crippen LogP) is -0.515. The van der Waals surface area contributed by atoms with Gasteiger partial charge in [0.25, 0.3) is 5.56 Å². The van der Waals surface area contributed by atoms with Gasteiger partial charge < -0.3 is 10.2 Å². The second kappa shape index (κ2) is 4.34. The van der Waals surface area contributed by atoms with Crippen LogP contribution in [0.25, 0.3) is 0 Å². The zero-order valence-corrected chi connectivity index (χ0v) is 9.06. The first-order valence-corrected chi connectivity index (χ1v) is 5.22. The molecule has 16 heavy (non-hydrogen) atoms. The van der Waals surface area contributed by atoms with Crippen LogP contribution in [0.15, 0.2) is 17.1 Å². The molecule has 2 heterocycles. The first-order chi connectivity index (χ1) is 7.65. The minimum atomic E-state index is -0.208. The number of H-pyrrole nitrogens is 1. The van der Waals surface area contributed by atoms with Crippen molar-refractivity contribution in [2.75, 3.05) is 18.0 Å². The molecule has 0 radical (unpaired) electrons. The molecule has 0 bridgehead atoms. The van der Waals surface area contributed by atoms with Crippen LogP contribution in [0.3, 0.4) is 0 Å². The van der Waals surface area contributed by atoms with Crippen LogP contribution in [0.5, 0.6) is 0 Å². The molecule has 0 aliphatic carbocycles. The number of carbonyl (C=O) groups is 1. The number of rotatable bonds is 2. The summed E-state index contributed by atoms with van der Waals surface area (Å²) in [6.07, 6.45) is 2.52. The summed E-state index contributed by atoms with van der Waals surface area (Å²) in [5.74, 6) is -0.0177. The van der Waals surface area contributed by atoms with Crippen molar-refractivity contribution < 1.29 is 4.79 Å². The topological polar surface area (TPSA) is 78.1 Å². The fourth-order valence-corrected chi connectivity index (χ4v) is 1.94. The molecular formula is C10H14N4O2. The third kappa shape index (κ3) is 2.39. The minimum Gasteiger partial charge on any atom is -0.368 e. The molecule has 0 aromatic carbocycles. The van der Waals surface area contributed by atoms with E-state index in [4.69, 9.17) is 0 Å². The Morgan fingerprint density at radius 3 is 3.19 bits per heavy atom. The molecule has 1 saturated heterocycles. The van der Waals surface area contributed by atoms with Crippen molar-refractivity contribution in [2.24, 2.45) is 0 Å². The Balaban J connectivity index is 2.03. The summed E-state index contributed by atoms with van der Waals surface area (Å²) in [5, 5.41) is 8.95. The molecule has 1 aromatic rings. The van der Waals surface area contributed by atoms with Gasteiger partial charge in [-0.3, -0.25) is 9.59 Å². The maximum absolute atomic E-state index is 11.1. The fraction of sp³-hybridized carbons (Fsp3) is 0.500. The average Bonchev–Trinajstić information content (AvgIpc) is 2.65. The van der Waals surface area contributed by atoms with Crippen molar-refractivity contribution in [3.63, 3.8) is 0 Å². The first kappa shape index (κ1) is 10.7. The number of hydrogen-bond acceptors (Lipinski definition) is 4. The van der Waals surface area contributed by atoms with E-state index in [0.29, 0.717) is 0 Å². The molecule has 86 valence electrons. The molecule has 6 heteroatoms. The molecule has 1 unspecified atom stereocenters. The molecule has 2 rings (SSSR count). The van der Waals surface area contributed by atoms with E-state index in [-0.39, 0.29) is 17.5 Å². The lowest BCUT2D eigenvalue weighted by Gasteiger charge is -2.17. The van der Waals surface area contributed by atoms with Crippen molar-refractivity contribution in [1.82, 2.24) is 15.5 Å². The predicted molar refractivity (Wildman–Crippen MR) is 59.3 cm³/mol. The van der Waals surface area contributed by atoms with Crippen LogP contribution >= 0.6 is 0 Å². The van der Waals surface area contributed by atoms with Crippen LogP contribution < -0.4 is 15.8 Å². The summed E-state index contributed by atoms with van der Waals surface area (Å²) in [5.41, 5.74) is 0.595. The van der Waals surface area contributed by atoms with Gasteiger partial charge in [0.15, 0.2) is 0 Å². The lowest BCUT2D eigenvalue weighted by molar-refractivity contribution is -0.119. The van der Waals surface area contributed by atoms with Crippen LogP contribution in [0, 0.1) is 0 Å². The molecular weight excluding hydrogens is 208 g/mol. The Bertz CT molecular complexity index is 442. The van der Waals surface area contributed by atoms with Crippen LogP contribution in [-0.4, -0.2) is 35.2 Å². The third-order valence-electron chi connectivity index (χ3n) is 2.61. The van der Waals surface area contributed by atoms with Gasteiger partial charge >= 0.3 is 0 Å². The van der Waals surface area contributed by atoms with Gasteiger partial charge in [-0.25, -0.2) is 5.10 Å². The number of anilines is 1. The number of aromatic nitrogens is 2. The molecule has 1 aliphatic rings. The number of hydrogen-bond donors (Lipinski definition) is 2. The second-order valence-electron chi connectivity index (χ2n) is 3.94. The van der Waals surface area contributed by atoms with Crippen LogP contribution in [-0.2, 0) is 4.79 Å². The van der Waals surface area contributed by atoms with Gasteiger partial charge in [-0.15, -0.1) is 0 Å². The normalized spacial score (nSPS) is 19.8. The minimum absolute atomic E-state index is 0.0177. The zero-order chi connectivity index (χ0) is 11.5. The van der Waals surface area contributed by atoms with Gasteiger partial charge in [-0.1, -0.05) is 0 Å².